The van der Waals surface area contributed by atoms with Gasteiger partial charge in [-0.3, -0.25) is 15.0 Å². The van der Waals surface area contributed by atoms with E-state index in [9.17, 15) is 27.6 Å². The van der Waals surface area contributed by atoms with Crippen molar-refractivity contribution < 1.29 is 51.7 Å². The summed E-state index contributed by atoms with van der Waals surface area (Å²) in [5.41, 5.74) is 5.86. The lowest BCUT2D eigenvalue weighted by Gasteiger charge is -2.09. The highest BCUT2D eigenvalue weighted by Gasteiger charge is 2.38. The lowest BCUT2D eigenvalue weighted by atomic mass is 10.1. The second kappa shape index (κ2) is 12.0. The van der Waals surface area contributed by atoms with Crippen LogP contribution in [0.1, 0.15) is 28.8 Å². The van der Waals surface area contributed by atoms with Gasteiger partial charge in [0.25, 0.3) is 0 Å². The Balaban J connectivity index is 0.000000718. The number of hydrogen-bond acceptors (Lipinski definition) is 7. The summed E-state index contributed by atoms with van der Waals surface area (Å²) in [6.07, 6.45) is -4.88. The number of carboxylic acid groups (broad SMARTS) is 2. The predicted octanol–water partition coefficient (Wildman–Crippen LogP) is 1.80. The number of halogens is 3. The maximum atomic E-state index is 12.1. The number of amidine groups is 1. The topological polar surface area (TPSA) is 193 Å². The van der Waals surface area contributed by atoms with Gasteiger partial charge in [0, 0.05) is 17.9 Å². The molecule has 6 N–H and O–H groups in total. The minimum atomic E-state index is -5.08. The molecule has 0 saturated carbocycles. The highest BCUT2D eigenvalue weighted by atomic mass is 19.4. The number of carboxylic acids is 2. The molecule has 0 aliphatic carbocycles. The molecule has 11 nitrogen and oxygen atoms in total. The standard InChI is InChI=1S/C18H19N3O6.C2HF3O2/c1-10(17(24)21-9-15(22)23)8-13-6-7-14(26-13)18(25)27-12-4-2-11(3-5-12)16(19)20;3-2(4,5)1(6)7/h2-7,10H,8-9H2,1H3,(H3,19,20)(H,21,24)(H,22,23);(H,6,7). The minimum absolute atomic E-state index is 0.0289. The van der Waals surface area contributed by atoms with Crippen molar-refractivity contribution in [2.24, 2.45) is 11.7 Å². The second-order valence-electron chi connectivity index (χ2n) is 6.61. The van der Waals surface area contributed by atoms with Crippen LogP contribution in [0.3, 0.4) is 0 Å². The number of alkyl halides is 3. The van der Waals surface area contributed by atoms with E-state index in [-0.39, 0.29) is 23.8 Å². The molecule has 2 rings (SSSR count). The Morgan fingerprint density at radius 2 is 1.68 bits per heavy atom. The first-order valence-electron chi connectivity index (χ1n) is 9.25. The number of esters is 1. The number of benzene rings is 1. The van der Waals surface area contributed by atoms with Crippen molar-refractivity contribution >= 4 is 29.7 Å². The number of nitrogens with two attached hydrogens (primary N) is 1. The van der Waals surface area contributed by atoms with Crippen molar-refractivity contribution in [1.29, 1.82) is 5.41 Å². The Morgan fingerprint density at radius 1 is 1.12 bits per heavy atom. The van der Waals surface area contributed by atoms with Gasteiger partial charge in [0.15, 0.2) is 0 Å². The number of carbonyl (C=O) groups is 4. The summed E-state index contributed by atoms with van der Waals surface area (Å²) in [6, 6.07) is 9.10. The summed E-state index contributed by atoms with van der Waals surface area (Å²) >= 11 is 0. The third kappa shape index (κ3) is 9.42. The first-order chi connectivity index (χ1) is 15.7. The molecule has 0 spiro atoms. The number of carbonyl (C=O) groups excluding carboxylic acids is 2. The molecule has 2 aromatic rings. The molecule has 0 radical (unpaired) electrons. The van der Waals surface area contributed by atoms with Gasteiger partial charge >= 0.3 is 24.1 Å². The van der Waals surface area contributed by atoms with Gasteiger partial charge in [0.05, 0.1) is 0 Å². The fraction of sp³-hybridized carbons (Fsp3) is 0.250. The fourth-order valence-electron chi connectivity index (χ4n) is 2.19. The van der Waals surface area contributed by atoms with E-state index in [2.05, 4.69) is 5.32 Å². The van der Waals surface area contributed by atoms with E-state index in [4.69, 9.17) is 35.3 Å². The molecule has 0 saturated heterocycles. The Bertz CT molecular complexity index is 1050. The molecule has 1 aromatic carbocycles. The number of nitrogens with one attached hydrogen (secondary N) is 2. The Labute approximate surface area is 189 Å². The van der Waals surface area contributed by atoms with E-state index in [0.717, 1.165) is 0 Å². The van der Waals surface area contributed by atoms with Gasteiger partial charge in [0.2, 0.25) is 11.7 Å². The molecule has 34 heavy (non-hydrogen) atoms. The fourth-order valence-corrected chi connectivity index (χ4v) is 2.19. The van der Waals surface area contributed by atoms with Crippen molar-refractivity contribution in [3.8, 4) is 5.75 Å². The van der Waals surface area contributed by atoms with Crippen molar-refractivity contribution in [3.05, 3.63) is 53.5 Å². The summed E-state index contributed by atoms with van der Waals surface area (Å²) in [7, 11) is 0. The van der Waals surface area contributed by atoms with Crippen LogP contribution in [0.2, 0.25) is 0 Å². The van der Waals surface area contributed by atoms with Crippen LogP contribution in [0.5, 0.6) is 5.75 Å². The molecule has 14 heteroatoms. The van der Waals surface area contributed by atoms with Gasteiger partial charge in [-0.1, -0.05) is 6.92 Å². The molecule has 1 heterocycles. The molecule has 0 bridgehead atoms. The predicted molar refractivity (Wildman–Crippen MR) is 108 cm³/mol. The zero-order valence-corrected chi connectivity index (χ0v) is 17.5. The summed E-state index contributed by atoms with van der Waals surface area (Å²) in [5.74, 6) is -5.01. The van der Waals surface area contributed by atoms with E-state index in [1.165, 1.54) is 18.2 Å². The smallest absolute Gasteiger partial charge is 0.480 e. The quantitative estimate of drug-likeness (QED) is 0.160. The minimum Gasteiger partial charge on any atom is -0.480 e. The Morgan fingerprint density at radius 3 is 2.15 bits per heavy atom. The number of furan rings is 1. The number of hydrogen-bond donors (Lipinski definition) is 5. The Hall–Kier alpha value is -4.36. The van der Waals surface area contributed by atoms with E-state index in [0.29, 0.717) is 11.3 Å². The molecule has 184 valence electrons. The molecule has 1 aromatic heterocycles. The van der Waals surface area contributed by atoms with Gasteiger partial charge in [-0.05, 0) is 36.4 Å². The summed E-state index contributed by atoms with van der Waals surface area (Å²) in [4.78, 5) is 43.3. The first kappa shape index (κ1) is 27.7. The van der Waals surface area contributed by atoms with Gasteiger partial charge in [-0.15, -0.1) is 0 Å². The average molecular weight is 487 g/mol. The highest BCUT2D eigenvalue weighted by Crippen LogP contribution is 2.17. The first-order valence-corrected chi connectivity index (χ1v) is 9.25. The zero-order chi connectivity index (χ0) is 26.1. The SMILES string of the molecule is CC(Cc1ccc(C(=O)Oc2ccc(C(=N)N)cc2)o1)C(=O)NCC(=O)O.O=C(O)C(F)(F)F. The van der Waals surface area contributed by atoms with Crippen molar-refractivity contribution in [2.45, 2.75) is 19.5 Å². The molecule has 0 aliphatic rings. The van der Waals surface area contributed by atoms with Gasteiger partial charge < -0.3 is 30.4 Å². The van der Waals surface area contributed by atoms with Crippen LogP contribution in [0, 0.1) is 11.3 Å². The van der Waals surface area contributed by atoms with E-state index < -0.39 is 42.5 Å². The largest absolute Gasteiger partial charge is 0.490 e. The number of rotatable bonds is 8. The zero-order valence-electron chi connectivity index (χ0n) is 17.5. The molecular formula is C20H20F3N3O8. The monoisotopic (exact) mass is 487 g/mol. The van der Waals surface area contributed by atoms with Gasteiger partial charge in [-0.25, -0.2) is 9.59 Å². The summed E-state index contributed by atoms with van der Waals surface area (Å²) < 4.78 is 42.3. The van der Waals surface area contributed by atoms with Crippen LogP contribution in [0.25, 0.3) is 0 Å². The van der Waals surface area contributed by atoms with Crippen molar-refractivity contribution in [2.75, 3.05) is 6.54 Å². The molecule has 0 fully saturated rings. The third-order valence-corrected chi connectivity index (χ3v) is 3.85. The van der Waals surface area contributed by atoms with Crippen LogP contribution in [0.4, 0.5) is 13.2 Å². The van der Waals surface area contributed by atoms with E-state index >= 15 is 0 Å². The maximum Gasteiger partial charge on any atom is 0.490 e. The third-order valence-electron chi connectivity index (χ3n) is 3.85. The maximum absolute atomic E-state index is 12.1. The number of aliphatic carboxylic acids is 2. The van der Waals surface area contributed by atoms with E-state index in [1.807, 2.05) is 0 Å². The summed E-state index contributed by atoms with van der Waals surface area (Å²) in [6.45, 7) is 1.16. The molecule has 0 aliphatic heterocycles. The Kier molecular flexibility index (Phi) is 9.79. The number of nitrogen functional groups attached to an aromatic ring is 1. The average Bonchev–Trinajstić information content (AvgIpc) is 3.20. The normalized spacial score (nSPS) is 11.4. The molecular weight excluding hydrogens is 467 g/mol. The van der Waals surface area contributed by atoms with Crippen LogP contribution >= 0.6 is 0 Å². The second-order valence-corrected chi connectivity index (χ2v) is 6.61. The summed E-state index contributed by atoms with van der Waals surface area (Å²) in [5, 5.41) is 25.3. The van der Waals surface area contributed by atoms with Crippen molar-refractivity contribution in [1.82, 2.24) is 5.32 Å². The lowest BCUT2D eigenvalue weighted by Crippen LogP contribution is -2.34. The molecule has 1 amide bonds. The van der Waals surface area contributed by atoms with Crippen LogP contribution in [0.15, 0.2) is 40.8 Å². The molecule has 1 atom stereocenters. The molecule has 1 unspecified atom stereocenters. The van der Waals surface area contributed by atoms with Gasteiger partial charge in [0.1, 0.15) is 23.9 Å². The lowest BCUT2D eigenvalue weighted by molar-refractivity contribution is -0.192. The van der Waals surface area contributed by atoms with Crippen LogP contribution in [-0.2, 0) is 20.8 Å². The number of amides is 1. The van der Waals surface area contributed by atoms with E-state index in [1.54, 1.807) is 25.1 Å². The van der Waals surface area contributed by atoms with Crippen molar-refractivity contribution in [3.63, 3.8) is 0 Å². The van der Waals surface area contributed by atoms with Crippen LogP contribution < -0.4 is 15.8 Å². The van der Waals surface area contributed by atoms with Crippen LogP contribution in [-0.4, -0.2) is 52.6 Å². The van der Waals surface area contributed by atoms with Gasteiger partial charge in [-0.2, -0.15) is 13.2 Å². The number of ether oxygens (including phenoxy) is 1. The highest BCUT2D eigenvalue weighted by molar-refractivity contribution is 5.95.